The Morgan fingerprint density at radius 2 is 1.93 bits per heavy atom. The van der Waals surface area contributed by atoms with Crippen molar-refractivity contribution in [3.63, 3.8) is 0 Å². The second kappa shape index (κ2) is 8.73. The summed E-state index contributed by atoms with van der Waals surface area (Å²) in [5.74, 6) is -1.18. The predicted octanol–water partition coefficient (Wildman–Crippen LogP) is 4.05. The molecule has 3 aromatic heterocycles. The molecule has 3 aromatic rings. The van der Waals surface area contributed by atoms with Gasteiger partial charge in [0.2, 0.25) is 0 Å². The first-order valence-corrected chi connectivity index (χ1v) is 8.60. The summed E-state index contributed by atoms with van der Waals surface area (Å²) >= 11 is 3.24. The summed E-state index contributed by atoms with van der Waals surface area (Å²) in [6, 6.07) is 2.69. The predicted molar refractivity (Wildman–Crippen MR) is 89.1 cm³/mol. The van der Waals surface area contributed by atoms with Crippen molar-refractivity contribution in [1.29, 1.82) is 0 Å². The number of hydrogen-bond acceptors (Lipinski definition) is 5. The lowest BCUT2D eigenvalue weighted by molar-refractivity contribution is -0.130. The monoisotopic (exact) mass is 466 g/mol. The van der Waals surface area contributed by atoms with E-state index in [0.29, 0.717) is 10.2 Å². The molecular formula is C15H12BrF5N6O. The first-order valence-electron chi connectivity index (χ1n) is 7.81. The van der Waals surface area contributed by atoms with E-state index in [2.05, 4.69) is 41.1 Å². The molecule has 0 saturated carbocycles. The molecule has 7 nitrogen and oxygen atoms in total. The molecule has 0 aliphatic rings. The zero-order valence-corrected chi connectivity index (χ0v) is 15.5. The van der Waals surface area contributed by atoms with Crippen molar-refractivity contribution in [3.05, 3.63) is 46.8 Å². The standard InChI is InChI=1S/C15H12BrF5N6O/c16-9-1-2-10(22-6-9)11(3-4-28-15(20)21)26-7-8(5-23-26)12-13(17)24-25-27(12)14(18)19/h1-2,5-7,11,14-15H,3-4H2. The van der Waals surface area contributed by atoms with Crippen molar-refractivity contribution in [1.82, 2.24) is 29.8 Å². The molecule has 0 aliphatic heterocycles. The van der Waals surface area contributed by atoms with Gasteiger partial charge in [-0.25, -0.2) is 0 Å². The van der Waals surface area contributed by atoms with Gasteiger partial charge in [-0.3, -0.25) is 9.67 Å². The summed E-state index contributed by atoms with van der Waals surface area (Å²) in [5.41, 5.74) is -0.0658. The highest BCUT2D eigenvalue weighted by atomic mass is 79.9. The summed E-state index contributed by atoms with van der Waals surface area (Å²) in [7, 11) is 0. The van der Waals surface area contributed by atoms with Crippen LogP contribution in [0.1, 0.15) is 24.7 Å². The van der Waals surface area contributed by atoms with Gasteiger partial charge in [0.05, 0.1) is 24.5 Å². The largest absolute Gasteiger partial charge is 0.345 e. The van der Waals surface area contributed by atoms with Crippen LogP contribution in [-0.2, 0) is 4.74 Å². The highest BCUT2D eigenvalue weighted by molar-refractivity contribution is 9.10. The maximum atomic E-state index is 13.8. The molecule has 0 N–H and O–H groups in total. The van der Waals surface area contributed by atoms with E-state index in [4.69, 9.17) is 0 Å². The number of rotatable bonds is 8. The average molecular weight is 467 g/mol. The van der Waals surface area contributed by atoms with Crippen LogP contribution in [0.4, 0.5) is 22.0 Å². The number of halogens is 6. The van der Waals surface area contributed by atoms with Gasteiger partial charge in [0.25, 0.3) is 5.95 Å². The summed E-state index contributed by atoms with van der Waals surface area (Å²) < 4.78 is 70.9. The van der Waals surface area contributed by atoms with Crippen molar-refractivity contribution < 1.29 is 26.7 Å². The topological polar surface area (TPSA) is 70.7 Å². The Morgan fingerprint density at radius 3 is 2.57 bits per heavy atom. The van der Waals surface area contributed by atoms with Crippen LogP contribution in [0.25, 0.3) is 11.3 Å². The molecule has 3 rings (SSSR count). The normalized spacial score (nSPS) is 12.9. The smallest absolute Gasteiger partial charge is 0.323 e. The summed E-state index contributed by atoms with van der Waals surface area (Å²) in [6.07, 6.45) is 4.02. The third kappa shape index (κ3) is 4.52. The van der Waals surface area contributed by atoms with Crippen LogP contribution in [-0.4, -0.2) is 43.0 Å². The van der Waals surface area contributed by atoms with Gasteiger partial charge < -0.3 is 4.74 Å². The molecule has 0 saturated heterocycles. The number of pyridine rings is 1. The van der Waals surface area contributed by atoms with Gasteiger partial charge in [0, 0.05) is 22.4 Å². The number of hydrogen-bond donors (Lipinski definition) is 0. The molecule has 13 heteroatoms. The van der Waals surface area contributed by atoms with Gasteiger partial charge in [0.1, 0.15) is 5.69 Å². The van der Waals surface area contributed by atoms with Crippen molar-refractivity contribution >= 4 is 15.9 Å². The minimum absolute atomic E-state index is 0.000287. The SMILES string of the molecule is Fc1nnn(C(F)F)c1-c1cnn(C(CCOC(F)F)c2ccc(Br)cn2)c1. The molecule has 0 bridgehead atoms. The lowest BCUT2D eigenvalue weighted by Crippen LogP contribution is -2.16. The van der Waals surface area contributed by atoms with Gasteiger partial charge in [-0.05, 0) is 34.5 Å². The van der Waals surface area contributed by atoms with E-state index in [1.807, 2.05) is 0 Å². The van der Waals surface area contributed by atoms with Crippen molar-refractivity contribution in [3.8, 4) is 11.3 Å². The fourth-order valence-corrected chi connectivity index (χ4v) is 2.80. The van der Waals surface area contributed by atoms with E-state index in [0.717, 1.165) is 6.20 Å². The molecule has 3 heterocycles. The Hall–Kier alpha value is -2.41. The van der Waals surface area contributed by atoms with Crippen LogP contribution in [0, 0.1) is 5.95 Å². The molecule has 1 atom stereocenters. The Labute approximate surface area is 163 Å². The van der Waals surface area contributed by atoms with Crippen LogP contribution in [0.3, 0.4) is 0 Å². The number of nitrogens with zero attached hydrogens (tertiary/aromatic N) is 6. The molecular weight excluding hydrogens is 455 g/mol. The van der Waals surface area contributed by atoms with Gasteiger partial charge >= 0.3 is 13.2 Å². The quantitative estimate of drug-likeness (QED) is 0.468. The minimum atomic E-state index is -3.10. The lowest BCUT2D eigenvalue weighted by Gasteiger charge is -2.17. The third-order valence-corrected chi connectivity index (χ3v) is 4.23. The van der Waals surface area contributed by atoms with Crippen molar-refractivity contribution in [2.45, 2.75) is 25.6 Å². The second-order valence-corrected chi connectivity index (χ2v) is 6.41. The maximum Gasteiger partial charge on any atom is 0.345 e. The van der Waals surface area contributed by atoms with Gasteiger partial charge in [-0.1, -0.05) is 10.3 Å². The zero-order valence-electron chi connectivity index (χ0n) is 13.9. The summed E-state index contributed by atoms with van der Waals surface area (Å²) in [5, 5.41) is 10.1. The van der Waals surface area contributed by atoms with Gasteiger partial charge in [-0.15, -0.1) is 0 Å². The maximum absolute atomic E-state index is 13.8. The summed E-state index contributed by atoms with van der Waals surface area (Å²) in [4.78, 5) is 4.21. The van der Waals surface area contributed by atoms with E-state index in [1.165, 1.54) is 17.1 Å². The molecule has 0 fully saturated rings. The van der Waals surface area contributed by atoms with E-state index in [-0.39, 0.29) is 23.3 Å². The molecule has 150 valence electrons. The molecule has 28 heavy (non-hydrogen) atoms. The van der Waals surface area contributed by atoms with Crippen LogP contribution >= 0.6 is 15.9 Å². The van der Waals surface area contributed by atoms with Crippen LogP contribution in [0.15, 0.2) is 35.2 Å². The minimum Gasteiger partial charge on any atom is -0.323 e. The zero-order chi connectivity index (χ0) is 20.3. The fraction of sp³-hybridized carbons (Fsp3) is 0.333. The Morgan fingerprint density at radius 1 is 1.14 bits per heavy atom. The van der Waals surface area contributed by atoms with E-state index >= 15 is 0 Å². The molecule has 0 aromatic carbocycles. The number of ether oxygens (including phenoxy) is 1. The average Bonchev–Trinajstić information content (AvgIpc) is 3.26. The first-order chi connectivity index (χ1) is 13.4. The van der Waals surface area contributed by atoms with Gasteiger partial charge in [-0.2, -0.15) is 31.7 Å². The van der Waals surface area contributed by atoms with Crippen LogP contribution < -0.4 is 0 Å². The summed E-state index contributed by atoms with van der Waals surface area (Å²) in [6.45, 7) is -6.34. The Kier molecular flexibility index (Phi) is 6.34. The highest BCUT2D eigenvalue weighted by Crippen LogP contribution is 2.28. The highest BCUT2D eigenvalue weighted by Gasteiger charge is 2.24. The van der Waals surface area contributed by atoms with Crippen molar-refractivity contribution in [2.24, 2.45) is 0 Å². The number of aromatic nitrogens is 6. The Bertz CT molecular complexity index is 916. The van der Waals surface area contributed by atoms with E-state index in [9.17, 15) is 22.0 Å². The van der Waals surface area contributed by atoms with Crippen molar-refractivity contribution in [2.75, 3.05) is 6.61 Å². The van der Waals surface area contributed by atoms with E-state index < -0.39 is 30.8 Å². The van der Waals surface area contributed by atoms with E-state index in [1.54, 1.807) is 12.1 Å². The molecule has 0 amide bonds. The first kappa shape index (κ1) is 20.3. The van der Waals surface area contributed by atoms with Gasteiger partial charge in [0.15, 0.2) is 0 Å². The lowest BCUT2D eigenvalue weighted by atomic mass is 10.1. The molecule has 0 radical (unpaired) electrons. The second-order valence-electron chi connectivity index (χ2n) is 5.50. The Balaban J connectivity index is 1.93. The number of alkyl halides is 4. The third-order valence-electron chi connectivity index (χ3n) is 3.76. The fourth-order valence-electron chi connectivity index (χ4n) is 2.56. The van der Waals surface area contributed by atoms with Crippen LogP contribution in [0.5, 0.6) is 0 Å². The molecule has 0 spiro atoms. The molecule has 1 unspecified atom stereocenters. The molecule has 0 aliphatic carbocycles. The van der Waals surface area contributed by atoms with Crippen LogP contribution in [0.2, 0.25) is 0 Å².